The van der Waals surface area contributed by atoms with Gasteiger partial charge in [0.1, 0.15) is 5.84 Å². The molecule has 0 bridgehead atoms. The normalized spacial score (nSPS) is 27.9. The standard InChI is InChI=1S/C8H16N4/c9-8(1-3-10-4-2-8)7-11-5-6-12-7/h10H,1-6,9H2,(H,11,12). The van der Waals surface area contributed by atoms with Crippen molar-refractivity contribution in [3.05, 3.63) is 0 Å². The zero-order valence-electron chi connectivity index (χ0n) is 7.27. The third-order valence-corrected chi connectivity index (χ3v) is 2.64. The number of hydrogen-bond donors (Lipinski definition) is 3. The number of hydrogen-bond acceptors (Lipinski definition) is 4. The van der Waals surface area contributed by atoms with E-state index < -0.39 is 0 Å². The zero-order valence-corrected chi connectivity index (χ0v) is 7.27. The molecule has 0 aromatic rings. The average molecular weight is 168 g/mol. The third-order valence-electron chi connectivity index (χ3n) is 2.64. The quantitative estimate of drug-likeness (QED) is 0.474. The molecule has 0 saturated carbocycles. The SMILES string of the molecule is NC1(C2=NCCN2)CCNCC1. The Morgan fingerprint density at radius 3 is 2.58 bits per heavy atom. The van der Waals surface area contributed by atoms with E-state index in [4.69, 9.17) is 5.73 Å². The van der Waals surface area contributed by atoms with Gasteiger partial charge in [0.05, 0.1) is 12.1 Å². The van der Waals surface area contributed by atoms with E-state index in [0.717, 1.165) is 44.9 Å². The monoisotopic (exact) mass is 168 g/mol. The molecule has 4 nitrogen and oxygen atoms in total. The molecule has 0 amide bonds. The minimum atomic E-state index is -0.165. The molecule has 2 rings (SSSR count). The van der Waals surface area contributed by atoms with Crippen molar-refractivity contribution in [2.75, 3.05) is 26.2 Å². The molecule has 1 saturated heterocycles. The van der Waals surface area contributed by atoms with Crippen LogP contribution in [0.1, 0.15) is 12.8 Å². The number of nitrogens with zero attached hydrogens (tertiary/aromatic N) is 1. The Kier molecular flexibility index (Phi) is 2.02. The van der Waals surface area contributed by atoms with E-state index in [2.05, 4.69) is 15.6 Å². The smallest absolute Gasteiger partial charge is 0.117 e. The summed E-state index contributed by atoms with van der Waals surface area (Å²) in [5.74, 6) is 1.03. The van der Waals surface area contributed by atoms with Gasteiger partial charge in [-0.05, 0) is 25.9 Å². The number of aliphatic imine (C=N–C) groups is 1. The summed E-state index contributed by atoms with van der Waals surface area (Å²) in [6, 6.07) is 0. The summed E-state index contributed by atoms with van der Waals surface area (Å²) < 4.78 is 0. The summed E-state index contributed by atoms with van der Waals surface area (Å²) in [6.07, 6.45) is 2.00. The summed E-state index contributed by atoms with van der Waals surface area (Å²) >= 11 is 0. The van der Waals surface area contributed by atoms with Crippen molar-refractivity contribution >= 4 is 5.84 Å². The summed E-state index contributed by atoms with van der Waals surface area (Å²) in [5, 5.41) is 6.56. The molecule has 0 aliphatic carbocycles. The fourth-order valence-corrected chi connectivity index (χ4v) is 1.84. The van der Waals surface area contributed by atoms with Crippen LogP contribution in [-0.4, -0.2) is 37.6 Å². The molecule has 12 heavy (non-hydrogen) atoms. The molecule has 0 spiro atoms. The Hall–Kier alpha value is -0.610. The van der Waals surface area contributed by atoms with E-state index in [1.54, 1.807) is 0 Å². The average Bonchev–Trinajstić information content (AvgIpc) is 2.58. The Bertz CT molecular complexity index is 193. The molecular formula is C8H16N4. The Morgan fingerprint density at radius 1 is 1.25 bits per heavy atom. The summed E-state index contributed by atoms with van der Waals surface area (Å²) in [5.41, 5.74) is 6.07. The van der Waals surface area contributed by atoms with Gasteiger partial charge < -0.3 is 16.4 Å². The van der Waals surface area contributed by atoms with Crippen LogP contribution in [0.25, 0.3) is 0 Å². The third kappa shape index (κ3) is 1.32. The van der Waals surface area contributed by atoms with E-state index in [9.17, 15) is 0 Å². The molecule has 4 heteroatoms. The number of nitrogens with two attached hydrogens (primary N) is 1. The van der Waals surface area contributed by atoms with Gasteiger partial charge in [0.15, 0.2) is 0 Å². The van der Waals surface area contributed by atoms with E-state index in [1.165, 1.54) is 0 Å². The molecule has 2 heterocycles. The van der Waals surface area contributed by atoms with Crippen LogP contribution >= 0.6 is 0 Å². The zero-order chi connectivity index (χ0) is 8.44. The largest absolute Gasteiger partial charge is 0.370 e. The first-order valence-electron chi connectivity index (χ1n) is 4.60. The Labute approximate surface area is 72.6 Å². The second-order valence-corrected chi connectivity index (χ2v) is 3.56. The maximum atomic E-state index is 6.23. The highest BCUT2D eigenvalue weighted by Crippen LogP contribution is 2.17. The fraction of sp³-hybridized carbons (Fsp3) is 0.875. The van der Waals surface area contributed by atoms with Crippen LogP contribution in [0, 0.1) is 0 Å². The van der Waals surface area contributed by atoms with Crippen molar-refractivity contribution in [2.45, 2.75) is 18.4 Å². The first-order chi connectivity index (χ1) is 5.81. The molecule has 0 unspecified atom stereocenters. The number of rotatable bonds is 1. The Balaban J connectivity index is 2.07. The van der Waals surface area contributed by atoms with Gasteiger partial charge in [-0.25, -0.2) is 0 Å². The van der Waals surface area contributed by atoms with Crippen LogP contribution in [0.5, 0.6) is 0 Å². The van der Waals surface area contributed by atoms with Gasteiger partial charge in [0.2, 0.25) is 0 Å². The second-order valence-electron chi connectivity index (χ2n) is 3.56. The summed E-state index contributed by atoms with van der Waals surface area (Å²) in [7, 11) is 0. The van der Waals surface area contributed by atoms with Gasteiger partial charge in [-0.1, -0.05) is 0 Å². The van der Waals surface area contributed by atoms with Crippen LogP contribution in [0.4, 0.5) is 0 Å². The molecule has 2 aliphatic heterocycles. The first-order valence-corrected chi connectivity index (χ1v) is 4.60. The molecule has 2 aliphatic rings. The lowest BCUT2D eigenvalue weighted by Crippen LogP contribution is -2.57. The highest BCUT2D eigenvalue weighted by Gasteiger charge is 2.34. The van der Waals surface area contributed by atoms with Gasteiger partial charge in [0.25, 0.3) is 0 Å². The molecule has 0 radical (unpaired) electrons. The van der Waals surface area contributed by atoms with E-state index in [-0.39, 0.29) is 5.54 Å². The van der Waals surface area contributed by atoms with Crippen molar-refractivity contribution in [3.8, 4) is 0 Å². The van der Waals surface area contributed by atoms with E-state index in [0.29, 0.717) is 0 Å². The second kappa shape index (κ2) is 3.03. The van der Waals surface area contributed by atoms with Gasteiger partial charge >= 0.3 is 0 Å². The van der Waals surface area contributed by atoms with Gasteiger partial charge in [-0.15, -0.1) is 0 Å². The van der Waals surface area contributed by atoms with Crippen molar-refractivity contribution in [1.29, 1.82) is 0 Å². The van der Waals surface area contributed by atoms with Gasteiger partial charge in [-0.3, -0.25) is 4.99 Å². The lowest BCUT2D eigenvalue weighted by Gasteiger charge is -2.33. The van der Waals surface area contributed by atoms with Crippen LogP contribution < -0.4 is 16.4 Å². The number of piperidine rings is 1. The van der Waals surface area contributed by atoms with Crippen LogP contribution in [0.3, 0.4) is 0 Å². The van der Waals surface area contributed by atoms with Crippen molar-refractivity contribution in [2.24, 2.45) is 10.7 Å². The van der Waals surface area contributed by atoms with Gasteiger partial charge in [0, 0.05) is 6.54 Å². The minimum Gasteiger partial charge on any atom is -0.370 e. The van der Waals surface area contributed by atoms with Crippen molar-refractivity contribution in [1.82, 2.24) is 10.6 Å². The predicted molar refractivity (Wildman–Crippen MR) is 49.3 cm³/mol. The topological polar surface area (TPSA) is 62.4 Å². The lowest BCUT2D eigenvalue weighted by molar-refractivity contribution is 0.392. The molecule has 0 aromatic carbocycles. The molecular weight excluding hydrogens is 152 g/mol. The summed E-state index contributed by atoms with van der Waals surface area (Å²) in [6.45, 7) is 3.87. The number of nitrogens with one attached hydrogen (secondary N) is 2. The Morgan fingerprint density at radius 2 is 2.00 bits per heavy atom. The van der Waals surface area contributed by atoms with Crippen molar-refractivity contribution < 1.29 is 0 Å². The van der Waals surface area contributed by atoms with E-state index in [1.807, 2.05) is 0 Å². The molecule has 0 atom stereocenters. The predicted octanol–water partition coefficient (Wildman–Crippen LogP) is -0.931. The first kappa shape index (κ1) is 8.01. The molecule has 68 valence electrons. The molecule has 0 aromatic heterocycles. The molecule has 4 N–H and O–H groups in total. The van der Waals surface area contributed by atoms with Crippen molar-refractivity contribution in [3.63, 3.8) is 0 Å². The summed E-state index contributed by atoms with van der Waals surface area (Å²) in [4.78, 5) is 4.38. The maximum Gasteiger partial charge on any atom is 0.117 e. The molecule has 1 fully saturated rings. The van der Waals surface area contributed by atoms with E-state index >= 15 is 0 Å². The number of amidine groups is 1. The maximum absolute atomic E-state index is 6.23. The fourth-order valence-electron chi connectivity index (χ4n) is 1.84. The lowest BCUT2D eigenvalue weighted by atomic mass is 9.88. The highest BCUT2D eigenvalue weighted by atomic mass is 15.1. The van der Waals surface area contributed by atoms with Crippen LogP contribution in [0.2, 0.25) is 0 Å². The highest BCUT2D eigenvalue weighted by molar-refractivity contribution is 5.92. The van der Waals surface area contributed by atoms with Gasteiger partial charge in [-0.2, -0.15) is 0 Å². The van der Waals surface area contributed by atoms with Crippen LogP contribution in [0.15, 0.2) is 4.99 Å². The minimum absolute atomic E-state index is 0.165. The van der Waals surface area contributed by atoms with Crippen LogP contribution in [-0.2, 0) is 0 Å².